The van der Waals surface area contributed by atoms with Crippen LogP contribution in [-0.2, 0) is 9.37 Å². The van der Waals surface area contributed by atoms with Crippen LogP contribution in [0.5, 0.6) is 0 Å². The molecule has 20 heavy (non-hydrogen) atoms. The van der Waals surface area contributed by atoms with E-state index >= 15 is 0 Å². The van der Waals surface area contributed by atoms with Crippen LogP contribution in [0.4, 0.5) is 0 Å². The molecule has 3 atom stereocenters. The Kier molecular flexibility index (Phi) is 4.00. The van der Waals surface area contributed by atoms with Gasteiger partial charge >= 0.3 is 0 Å². The van der Waals surface area contributed by atoms with E-state index in [1.807, 2.05) is 10.8 Å². The summed E-state index contributed by atoms with van der Waals surface area (Å²) in [7, 11) is 0. The summed E-state index contributed by atoms with van der Waals surface area (Å²) < 4.78 is 8.15. The second-order valence-electron chi connectivity index (χ2n) is 4.88. The maximum absolute atomic E-state index is 9.32. The molecular formula is C12H12BrClIN3O2. The molecule has 3 heterocycles. The molecule has 8 heteroatoms. The standard InChI is InChI=1S/C12H12BrClIN3O2/c1-6-2-7(4-19)20-12(6,13)18-3-8(15)9-10(14)16-5-17-11(9)18/h3,5-7,19H,2,4H2,1H3/t6-,7-,12-/m0/s1. The second-order valence-corrected chi connectivity index (χ2v) is 7.53. The molecule has 0 aromatic carbocycles. The van der Waals surface area contributed by atoms with E-state index < -0.39 is 4.63 Å². The van der Waals surface area contributed by atoms with Crippen LogP contribution in [0.3, 0.4) is 0 Å². The van der Waals surface area contributed by atoms with Crippen LogP contribution in [0.1, 0.15) is 13.3 Å². The Morgan fingerprint density at radius 2 is 2.40 bits per heavy atom. The zero-order chi connectivity index (χ0) is 14.5. The summed E-state index contributed by atoms with van der Waals surface area (Å²) in [5.74, 6) is 0.180. The van der Waals surface area contributed by atoms with Crippen molar-refractivity contribution in [1.82, 2.24) is 14.5 Å². The Hall–Kier alpha value is 0.0400. The molecule has 0 bridgehead atoms. The zero-order valence-electron chi connectivity index (χ0n) is 10.6. The summed E-state index contributed by atoms with van der Waals surface area (Å²) in [6.07, 6.45) is 3.97. The Morgan fingerprint density at radius 1 is 1.65 bits per heavy atom. The van der Waals surface area contributed by atoms with Crippen molar-refractivity contribution in [3.63, 3.8) is 0 Å². The first-order valence-electron chi connectivity index (χ1n) is 6.12. The lowest BCUT2D eigenvalue weighted by molar-refractivity contribution is -0.0505. The molecule has 0 amide bonds. The third-order valence-electron chi connectivity index (χ3n) is 3.58. The van der Waals surface area contributed by atoms with Gasteiger partial charge in [-0.05, 0) is 44.9 Å². The Balaban J connectivity index is 2.18. The lowest BCUT2D eigenvalue weighted by Crippen LogP contribution is -2.32. The highest BCUT2D eigenvalue weighted by molar-refractivity contribution is 14.1. The highest BCUT2D eigenvalue weighted by Gasteiger charge is 2.46. The van der Waals surface area contributed by atoms with Crippen molar-refractivity contribution in [2.75, 3.05) is 6.61 Å². The lowest BCUT2D eigenvalue weighted by atomic mass is 10.1. The highest BCUT2D eigenvalue weighted by Crippen LogP contribution is 2.47. The number of fused-ring (bicyclic) bond motifs is 1. The molecule has 0 aliphatic carbocycles. The van der Waals surface area contributed by atoms with Crippen molar-refractivity contribution >= 4 is 61.2 Å². The zero-order valence-corrected chi connectivity index (χ0v) is 15.1. The molecule has 0 radical (unpaired) electrons. The molecule has 108 valence electrons. The van der Waals surface area contributed by atoms with Gasteiger partial charge in [-0.1, -0.05) is 18.5 Å². The molecular weight excluding hydrogens is 460 g/mol. The Morgan fingerprint density at radius 3 is 3.05 bits per heavy atom. The SMILES string of the molecule is C[C@H]1C[C@@H](CO)O[C@@]1(Br)n1cc(I)c2c(Cl)ncnc21. The predicted molar refractivity (Wildman–Crippen MR) is 87.9 cm³/mol. The van der Waals surface area contributed by atoms with Gasteiger partial charge in [0.2, 0.25) is 4.63 Å². The maximum Gasteiger partial charge on any atom is 0.206 e. The van der Waals surface area contributed by atoms with Crippen molar-refractivity contribution in [2.45, 2.75) is 24.1 Å². The Bertz CT molecular complexity index is 667. The van der Waals surface area contributed by atoms with Gasteiger partial charge in [-0.3, -0.25) is 4.57 Å². The van der Waals surface area contributed by atoms with Gasteiger partial charge in [-0.2, -0.15) is 0 Å². The van der Waals surface area contributed by atoms with Gasteiger partial charge in [-0.15, -0.1) is 0 Å². The van der Waals surface area contributed by atoms with Gasteiger partial charge in [0.25, 0.3) is 0 Å². The van der Waals surface area contributed by atoms with Crippen molar-refractivity contribution < 1.29 is 9.84 Å². The topological polar surface area (TPSA) is 60.2 Å². The van der Waals surface area contributed by atoms with Crippen molar-refractivity contribution in [1.29, 1.82) is 0 Å². The molecule has 1 aliphatic rings. The molecule has 1 N–H and O–H groups in total. The van der Waals surface area contributed by atoms with Crippen molar-refractivity contribution in [2.24, 2.45) is 5.92 Å². The van der Waals surface area contributed by atoms with E-state index in [1.54, 1.807) is 0 Å². The summed E-state index contributed by atoms with van der Waals surface area (Å²) in [4.78, 5) is 8.35. The minimum Gasteiger partial charge on any atom is -0.394 e. The van der Waals surface area contributed by atoms with Crippen LogP contribution >= 0.6 is 50.1 Å². The van der Waals surface area contributed by atoms with Crippen LogP contribution in [-0.4, -0.2) is 32.4 Å². The molecule has 1 aliphatic heterocycles. The fraction of sp³-hybridized carbons (Fsp3) is 0.500. The van der Waals surface area contributed by atoms with E-state index in [4.69, 9.17) is 16.3 Å². The largest absolute Gasteiger partial charge is 0.394 e. The highest BCUT2D eigenvalue weighted by atomic mass is 127. The van der Waals surface area contributed by atoms with Crippen molar-refractivity contribution in [3.05, 3.63) is 21.2 Å². The third-order valence-corrected chi connectivity index (χ3v) is 6.03. The summed E-state index contributed by atoms with van der Waals surface area (Å²) >= 11 is 12.0. The molecule has 1 fully saturated rings. The molecule has 2 aromatic rings. The average molecular weight is 473 g/mol. The number of aliphatic hydroxyl groups is 1. The van der Waals surface area contributed by atoms with E-state index in [0.29, 0.717) is 5.15 Å². The first-order chi connectivity index (χ1) is 9.47. The van der Waals surface area contributed by atoms with Crippen molar-refractivity contribution in [3.8, 4) is 0 Å². The van der Waals surface area contributed by atoms with Gasteiger partial charge in [0.1, 0.15) is 17.1 Å². The van der Waals surface area contributed by atoms with E-state index in [0.717, 1.165) is 21.0 Å². The number of nitrogens with zero attached hydrogens (tertiary/aromatic N) is 3. The number of hydrogen-bond acceptors (Lipinski definition) is 4. The molecule has 1 saturated heterocycles. The van der Waals surface area contributed by atoms with Gasteiger partial charge in [0.05, 0.1) is 18.1 Å². The summed E-state index contributed by atoms with van der Waals surface area (Å²) in [6, 6.07) is 0. The third kappa shape index (κ3) is 2.18. The number of ether oxygens (including phenoxy) is 1. The lowest BCUT2D eigenvalue weighted by Gasteiger charge is -2.28. The molecule has 0 spiro atoms. The minimum atomic E-state index is -0.722. The quantitative estimate of drug-likeness (QED) is 0.415. The van der Waals surface area contributed by atoms with Gasteiger partial charge < -0.3 is 9.84 Å². The fourth-order valence-corrected chi connectivity index (χ4v) is 4.44. The molecule has 5 nitrogen and oxygen atoms in total. The molecule has 3 rings (SSSR count). The first-order valence-corrected chi connectivity index (χ1v) is 8.37. The summed E-state index contributed by atoms with van der Waals surface area (Å²) in [5.41, 5.74) is 0.719. The normalized spacial score (nSPS) is 30.2. The fourth-order valence-electron chi connectivity index (χ4n) is 2.56. The summed E-state index contributed by atoms with van der Waals surface area (Å²) in [6.45, 7) is 2.08. The van der Waals surface area contributed by atoms with Gasteiger partial charge in [0.15, 0.2) is 0 Å². The second kappa shape index (κ2) is 5.35. The van der Waals surface area contributed by atoms with E-state index in [9.17, 15) is 5.11 Å². The molecule has 2 aromatic heterocycles. The molecule has 0 saturated carbocycles. The average Bonchev–Trinajstić information content (AvgIpc) is 2.90. The van der Waals surface area contributed by atoms with Gasteiger partial charge in [-0.25, -0.2) is 9.97 Å². The van der Waals surface area contributed by atoms with Crippen LogP contribution in [0, 0.1) is 9.49 Å². The minimum absolute atomic E-state index is 0.00369. The van der Waals surface area contributed by atoms with Crippen LogP contribution in [0.25, 0.3) is 11.0 Å². The van der Waals surface area contributed by atoms with E-state index in [1.165, 1.54) is 6.33 Å². The number of halogens is 3. The first kappa shape index (κ1) is 15.0. The maximum atomic E-state index is 9.32. The van der Waals surface area contributed by atoms with Gasteiger partial charge in [0, 0.05) is 15.7 Å². The predicted octanol–water partition coefficient (Wildman–Crippen LogP) is 3.11. The van der Waals surface area contributed by atoms with Crippen LogP contribution in [0.2, 0.25) is 5.15 Å². The number of alkyl halides is 1. The van der Waals surface area contributed by atoms with Crippen LogP contribution in [0.15, 0.2) is 12.5 Å². The van der Waals surface area contributed by atoms with E-state index in [2.05, 4.69) is 55.4 Å². The van der Waals surface area contributed by atoms with E-state index in [-0.39, 0.29) is 18.6 Å². The van der Waals surface area contributed by atoms with Crippen LogP contribution < -0.4 is 0 Å². The number of aliphatic hydroxyl groups excluding tert-OH is 1. The monoisotopic (exact) mass is 471 g/mol. The number of rotatable bonds is 2. The Labute approximate surface area is 142 Å². The summed E-state index contributed by atoms with van der Waals surface area (Å²) in [5, 5.41) is 10.6. The number of hydrogen-bond donors (Lipinski definition) is 1. The smallest absolute Gasteiger partial charge is 0.206 e. The molecule has 0 unspecified atom stereocenters. The number of aromatic nitrogens is 3.